The lowest BCUT2D eigenvalue weighted by Crippen LogP contribution is -2.41. The van der Waals surface area contributed by atoms with E-state index in [0.29, 0.717) is 0 Å². The van der Waals surface area contributed by atoms with Crippen LogP contribution >= 0.6 is 0 Å². The number of alkyl carbamates (subject to hydrolysis) is 1. The van der Waals surface area contributed by atoms with Gasteiger partial charge in [-0.05, 0) is 18.9 Å². The molecular formula is C14H17NO5. The molecule has 0 saturated heterocycles. The van der Waals surface area contributed by atoms with Crippen LogP contribution in [0, 0.1) is 0 Å². The summed E-state index contributed by atoms with van der Waals surface area (Å²) in [5.41, 5.74) is 0.804. The van der Waals surface area contributed by atoms with E-state index >= 15 is 0 Å². The molecule has 0 fully saturated rings. The number of ether oxygens (including phenoxy) is 1. The Bertz CT molecular complexity index is 472. The molecule has 0 aliphatic heterocycles. The highest BCUT2D eigenvalue weighted by Crippen LogP contribution is 2.03. The van der Waals surface area contributed by atoms with Crippen molar-refractivity contribution in [3.63, 3.8) is 0 Å². The number of ketones is 1. The van der Waals surface area contributed by atoms with Crippen LogP contribution in [0.4, 0.5) is 4.79 Å². The Labute approximate surface area is 116 Å². The zero-order chi connectivity index (χ0) is 15.0. The van der Waals surface area contributed by atoms with Gasteiger partial charge in [0.15, 0.2) is 0 Å². The molecule has 0 radical (unpaired) electrons. The van der Waals surface area contributed by atoms with Crippen molar-refractivity contribution in [2.75, 3.05) is 0 Å². The van der Waals surface area contributed by atoms with E-state index in [1.165, 1.54) is 6.92 Å². The molecule has 1 amide bonds. The summed E-state index contributed by atoms with van der Waals surface area (Å²) in [6.07, 6.45) is -0.675. The van der Waals surface area contributed by atoms with Crippen molar-refractivity contribution >= 4 is 17.8 Å². The molecule has 0 aliphatic rings. The number of aliphatic carboxylic acids is 1. The molecule has 0 aliphatic carbocycles. The SMILES string of the molecule is CC(=O)CC[C@H](NC(=O)OCc1ccccc1)C(=O)O. The van der Waals surface area contributed by atoms with Crippen LogP contribution in [0.1, 0.15) is 25.3 Å². The van der Waals surface area contributed by atoms with Gasteiger partial charge in [-0.2, -0.15) is 0 Å². The van der Waals surface area contributed by atoms with Gasteiger partial charge in [-0.3, -0.25) is 0 Å². The zero-order valence-electron chi connectivity index (χ0n) is 11.2. The summed E-state index contributed by atoms with van der Waals surface area (Å²) in [4.78, 5) is 33.3. The fraction of sp³-hybridized carbons (Fsp3) is 0.357. The number of nitrogens with one attached hydrogen (secondary N) is 1. The van der Waals surface area contributed by atoms with Crippen molar-refractivity contribution < 1.29 is 24.2 Å². The Hall–Kier alpha value is -2.37. The molecular weight excluding hydrogens is 262 g/mol. The predicted octanol–water partition coefficient (Wildman–Crippen LogP) is 1.74. The number of carbonyl (C=O) groups is 3. The number of hydrogen-bond donors (Lipinski definition) is 2. The number of hydrogen-bond acceptors (Lipinski definition) is 4. The van der Waals surface area contributed by atoms with E-state index in [1.807, 2.05) is 18.2 Å². The third-order valence-corrected chi connectivity index (χ3v) is 2.59. The Kier molecular flexibility index (Phi) is 6.22. The van der Waals surface area contributed by atoms with Crippen molar-refractivity contribution in [1.82, 2.24) is 5.32 Å². The van der Waals surface area contributed by atoms with Crippen LogP contribution in [0.25, 0.3) is 0 Å². The molecule has 6 nitrogen and oxygen atoms in total. The normalized spacial score (nSPS) is 11.4. The fourth-order valence-corrected chi connectivity index (χ4v) is 1.51. The Morgan fingerprint density at radius 1 is 1.25 bits per heavy atom. The first kappa shape index (κ1) is 15.7. The van der Waals surface area contributed by atoms with Crippen LogP contribution < -0.4 is 5.32 Å². The zero-order valence-corrected chi connectivity index (χ0v) is 11.2. The molecule has 0 spiro atoms. The number of amides is 1. The van der Waals surface area contributed by atoms with Crippen molar-refractivity contribution in [3.05, 3.63) is 35.9 Å². The summed E-state index contributed by atoms with van der Waals surface area (Å²) in [5.74, 6) is -1.32. The van der Waals surface area contributed by atoms with Gasteiger partial charge in [-0.15, -0.1) is 0 Å². The summed E-state index contributed by atoms with van der Waals surface area (Å²) in [6.45, 7) is 1.43. The molecule has 2 N–H and O–H groups in total. The monoisotopic (exact) mass is 279 g/mol. The third kappa shape index (κ3) is 5.99. The number of rotatable bonds is 7. The van der Waals surface area contributed by atoms with Gasteiger partial charge in [-0.1, -0.05) is 30.3 Å². The highest BCUT2D eigenvalue weighted by Gasteiger charge is 2.20. The lowest BCUT2D eigenvalue weighted by Gasteiger charge is -2.13. The molecule has 20 heavy (non-hydrogen) atoms. The lowest BCUT2D eigenvalue weighted by molar-refractivity contribution is -0.139. The molecule has 0 saturated carbocycles. The highest BCUT2D eigenvalue weighted by molar-refractivity contribution is 5.81. The molecule has 1 rings (SSSR count). The number of Topliss-reactive ketones (excluding diaryl/α,β-unsaturated/α-hetero) is 1. The standard InChI is InChI=1S/C14H17NO5/c1-10(16)7-8-12(13(17)18)15-14(19)20-9-11-5-3-2-4-6-11/h2-6,12H,7-9H2,1H3,(H,15,19)(H,17,18)/t12-/m0/s1. The van der Waals surface area contributed by atoms with Gasteiger partial charge in [0, 0.05) is 6.42 Å². The van der Waals surface area contributed by atoms with Gasteiger partial charge >= 0.3 is 12.1 Å². The fourth-order valence-electron chi connectivity index (χ4n) is 1.51. The first-order valence-electron chi connectivity index (χ1n) is 6.18. The van der Waals surface area contributed by atoms with Crippen LogP contribution in [0.2, 0.25) is 0 Å². The van der Waals surface area contributed by atoms with E-state index in [4.69, 9.17) is 9.84 Å². The summed E-state index contributed by atoms with van der Waals surface area (Å²) >= 11 is 0. The molecule has 0 heterocycles. The van der Waals surface area contributed by atoms with E-state index in [1.54, 1.807) is 12.1 Å². The quantitative estimate of drug-likeness (QED) is 0.793. The topological polar surface area (TPSA) is 92.7 Å². The average molecular weight is 279 g/mol. The first-order valence-corrected chi connectivity index (χ1v) is 6.18. The van der Waals surface area contributed by atoms with Crippen LogP contribution in [-0.4, -0.2) is 29.0 Å². The molecule has 0 aromatic heterocycles. The van der Waals surface area contributed by atoms with Crippen LogP contribution in [-0.2, 0) is 20.9 Å². The second kappa shape index (κ2) is 7.93. The Morgan fingerprint density at radius 3 is 2.45 bits per heavy atom. The number of carboxylic acid groups (broad SMARTS) is 1. The van der Waals surface area contributed by atoms with Crippen LogP contribution in [0.3, 0.4) is 0 Å². The smallest absolute Gasteiger partial charge is 0.408 e. The largest absolute Gasteiger partial charge is 0.480 e. The van der Waals surface area contributed by atoms with Gasteiger partial charge in [0.2, 0.25) is 0 Å². The minimum absolute atomic E-state index is 0.0467. The van der Waals surface area contributed by atoms with Crippen LogP contribution in [0.15, 0.2) is 30.3 Å². The van der Waals surface area contributed by atoms with E-state index in [-0.39, 0.29) is 25.2 Å². The molecule has 0 unspecified atom stereocenters. The van der Waals surface area contributed by atoms with Gasteiger partial charge < -0.3 is 20.0 Å². The van der Waals surface area contributed by atoms with E-state index in [2.05, 4.69) is 5.32 Å². The van der Waals surface area contributed by atoms with Gasteiger partial charge in [-0.25, -0.2) is 9.59 Å². The lowest BCUT2D eigenvalue weighted by atomic mass is 10.1. The van der Waals surface area contributed by atoms with Crippen molar-refractivity contribution in [2.24, 2.45) is 0 Å². The number of carbonyl (C=O) groups excluding carboxylic acids is 2. The van der Waals surface area contributed by atoms with Crippen molar-refractivity contribution in [2.45, 2.75) is 32.4 Å². The molecule has 1 aromatic rings. The first-order chi connectivity index (χ1) is 9.49. The number of carboxylic acids is 1. The third-order valence-electron chi connectivity index (χ3n) is 2.59. The maximum absolute atomic E-state index is 11.5. The second-order valence-corrected chi connectivity index (χ2v) is 4.34. The molecule has 1 aromatic carbocycles. The Morgan fingerprint density at radius 2 is 1.90 bits per heavy atom. The second-order valence-electron chi connectivity index (χ2n) is 4.34. The minimum atomic E-state index is -1.19. The maximum Gasteiger partial charge on any atom is 0.408 e. The summed E-state index contributed by atoms with van der Waals surface area (Å²) in [6, 6.07) is 7.91. The summed E-state index contributed by atoms with van der Waals surface area (Å²) in [7, 11) is 0. The van der Waals surface area contributed by atoms with Gasteiger partial charge in [0.1, 0.15) is 18.4 Å². The minimum Gasteiger partial charge on any atom is -0.480 e. The molecule has 1 atom stereocenters. The number of benzene rings is 1. The van der Waals surface area contributed by atoms with Crippen LogP contribution in [0.5, 0.6) is 0 Å². The molecule has 0 bridgehead atoms. The molecule has 6 heteroatoms. The predicted molar refractivity (Wildman–Crippen MR) is 71.1 cm³/mol. The molecule has 108 valence electrons. The highest BCUT2D eigenvalue weighted by atomic mass is 16.5. The van der Waals surface area contributed by atoms with E-state index in [9.17, 15) is 14.4 Å². The average Bonchev–Trinajstić information content (AvgIpc) is 2.41. The van der Waals surface area contributed by atoms with Gasteiger partial charge in [0.25, 0.3) is 0 Å². The van der Waals surface area contributed by atoms with Crippen molar-refractivity contribution in [3.8, 4) is 0 Å². The summed E-state index contributed by atoms with van der Waals surface area (Å²) in [5, 5.41) is 11.2. The maximum atomic E-state index is 11.5. The van der Waals surface area contributed by atoms with Crippen molar-refractivity contribution in [1.29, 1.82) is 0 Å². The summed E-state index contributed by atoms with van der Waals surface area (Å²) < 4.78 is 4.92. The van der Waals surface area contributed by atoms with Gasteiger partial charge in [0.05, 0.1) is 0 Å². The Balaban J connectivity index is 2.41. The van der Waals surface area contributed by atoms with E-state index in [0.717, 1.165) is 5.56 Å². The van der Waals surface area contributed by atoms with E-state index < -0.39 is 18.1 Å².